The quantitative estimate of drug-likeness (QED) is 0.501. The predicted molar refractivity (Wildman–Crippen MR) is 109 cm³/mol. The van der Waals surface area contributed by atoms with E-state index in [0.717, 1.165) is 23.3 Å². The van der Waals surface area contributed by atoms with Gasteiger partial charge in [0.05, 0.1) is 26.0 Å². The third-order valence-electron chi connectivity index (χ3n) is 3.56. The van der Waals surface area contributed by atoms with Crippen molar-refractivity contribution in [3.8, 4) is 11.5 Å². The maximum Gasteiger partial charge on any atom is 0.350 e. The highest BCUT2D eigenvalue weighted by Gasteiger charge is 2.17. The molecule has 0 aliphatic heterocycles. The fraction of sp³-hybridized carbons (Fsp3) is 0.350. The molecule has 1 N–H and O–H groups in total. The van der Waals surface area contributed by atoms with Crippen LogP contribution in [-0.4, -0.2) is 37.2 Å². The standard InChI is InChI=1S/C20H24N2O5S/c1-5-11-27-15-9-7-14(12-16(15)25-4)8-10-17(23)22-20-21-13(3)18(28-20)19(24)26-6-2/h7-10,12H,5-6,11H2,1-4H3,(H,21,22,23). The number of aromatic nitrogens is 1. The van der Waals surface area contributed by atoms with Crippen molar-refractivity contribution in [2.75, 3.05) is 25.6 Å². The van der Waals surface area contributed by atoms with E-state index in [9.17, 15) is 9.59 Å². The van der Waals surface area contributed by atoms with Gasteiger partial charge < -0.3 is 14.2 Å². The zero-order chi connectivity index (χ0) is 20.5. The average Bonchev–Trinajstić information content (AvgIpc) is 3.05. The highest BCUT2D eigenvalue weighted by atomic mass is 32.1. The number of benzene rings is 1. The van der Waals surface area contributed by atoms with Crippen molar-refractivity contribution in [1.29, 1.82) is 0 Å². The van der Waals surface area contributed by atoms with Gasteiger partial charge in [0, 0.05) is 6.08 Å². The van der Waals surface area contributed by atoms with Crippen molar-refractivity contribution in [2.24, 2.45) is 0 Å². The van der Waals surface area contributed by atoms with Crippen LogP contribution in [0.5, 0.6) is 11.5 Å². The summed E-state index contributed by atoms with van der Waals surface area (Å²) in [4.78, 5) is 28.6. The molecule has 0 saturated carbocycles. The van der Waals surface area contributed by atoms with E-state index in [1.165, 1.54) is 6.08 Å². The first kappa shape index (κ1) is 21.4. The number of rotatable bonds is 9. The van der Waals surface area contributed by atoms with Crippen LogP contribution in [-0.2, 0) is 9.53 Å². The highest BCUT2D eigenvalue weighted by molar-refractivity contribution is 7.17. The molecule has 0 atom stereocenters. The van der Waals surface area contributed by atoms with Gasteiger partial charge in [-0.2, -0.15) is 0 Å². The molecule has 28 heavy (non-hydrogen) atoms. The van der Waals surface area contributed by atoms with Crippen LogP contribution < -0.4 is 14.8 Å². The fourth-order valence-electron chi connectivity index (χ4n) is 2.27. The van der Waals surface area contributed by atoms with E-state index in [1.54, 1.807) is 33.1 Å². The van der Waals surface area contributed by atoms with Crippen LogP contribution in [0.2, 0.25) is 0 Å². The van der Waals surface area contributed by atoms with E-state index >= 15 is 0 Å². The number of nitrogens with zero attached hydrogens (tertiary/aromatic N) is 1. The number of hydrogen-bond acceptors (Lipinski definition) is 7. The molecule has 0 aliphatic rings. The Labute approximate surface area is 168 Å². The SMILES string of the molecule is CCCOc1ccc(C=CC(=O)Nc2nc(C)c(C(=O)OCC)s2)cc1OC. The molecule has 0 unspecified atom stereocenters. The highest BCUT2D eigenvalue weighted by Crippen LogP contribution is 2.29. The summed E-state index contributed by atoms with van der Waals surface area (Å²) in [7, 11) is 1.57. The van der Waals surface area contributed by atoms with Crippen LogP contribution in [0, 0.1) is 6.92 Å². The first-order chi connectivity index (χ1) is 13.5. The van der Waals surface area contributed by atoms with Gasteiger partial charge in [0.25, 0.3) is 0 Å². The number of amides is 1. The topological polar surface area (TPSA) is 86.8 Å². The molecule has 0 aliphatic carbocycles. The molecular formula is C20H24N2O5S. The Bertz CT molecular complexity index is 860. The Morgan fingerprint density at radius 1 is 1.25 bits per heavy atom. The molecule has 150 valence electrons. The summed E-state index contributed by atoms with van der Waals surface area (Å²) in [5.74, 6) is 0.474. The summed E-state index contributed by atoms with van der Waals surface area (Å²) < 4.78 is 15.9. The van der Waals surface area contributed by atoms with E-state index in [2.05, 4.69) is 10.3 Å². The van der Waals surface area contributed by atoms with Crippen LogP contribution in [0.15, 0.2) is 24.3 Å². The van der Waals surface area contributed by atoms with Gasteiger partial charge in [-0.05, 0) is 44.0 Å². The van der Waals surface area contributed by atoms with Gasteiger partial charge in [0.2, 0.25) is 5.91 Å². The molecule has 2 aromatic rings. The molecule has 0 saturated heterocycles. The lowest BCUT2D eigenvalue weighted by molar-refractivity contribution is -0.111. The fourth-order valence-corrected chi connectivity index (χ4v) is 3.14. The number of ether oxygens (including phenoxy) is 3. The van der Waals surface area contributed by atoms with E-state index in [1.807, 2.05) is 19.1 Å². The minimum Gasteiger partial charge on any atom is -0.493 e. The summed E-state index contributed by atoms with van der Waals surface area (Å²) in [5, 5.41) is 3.00. The van der Waals surface area contributed by atoms with Crippen LogP contribution in [0.25, 0.3) is 6.08 Å². The minimum absolute atomic E-state index is 0.284. The molecule has 0 spiro atoms. The van der Waals surface area contributed by atoms with E-state index in [4.69, 9.17) is 14.2 Å². The number of nitrogens with one attached hydrogen (secondary N) is 1. The van der Waals surface area contributed by atoms with Gasteiger partial charge in [0.15, 0.2) is 16.6 Å². The van der Waals surface area contributed by atoms with Crippen molar-refractivity contribution < 1.29 is 23.8 Å². The molecule has 2 rings (SSSR count). The maximum atomic E-state index is 12.2. The second-order valence-corrected chi connectivity index (χ2v) is 6.73. The molecule has 7 nitrogen and oxygen atoms in total. The first-order valence-electron chi connectivity index (χ1n) is 8.92. The molecular weight excluding hydrogens is 380 g/mol. The Balaban J connectivity index is 2.04. The molecule has 1 aromatic heterocycles. The summed E-state index contributed by atoms with van der Waals surface area (Å²) in [6.07, 6.45) is 3.95. The normalized spacial score (nSPS) is 10.7. The lowest BCUT2D eigenvalue weighted by Gasteiger charge is -2.10. The van der Waals surface area contributed by atoms with Crippen molar-refractivity contribution in [3.63, 3.8) is 0 Å². The third kappa shape index (κ3) is 5.82. The minimum atomic E-state index is -0.439. The number of hydrogen-bond donors (Lipinski definition) is 1. The Morgan fingerprint density at radius 2 is 2.04 bits per heavy atom. The molecule has 0 radical (unpaired) electrons. The molecule has 0 bridgehead atoms. The number of aryl methyl sites for hydroxylation is 1. The maximum absolute atomic E-state index is 12.2. The van der Waals surface area contributed by atoms with Crippen LogP contribution in [0.1, 0.15) is 41.2 Å². The molecule has 1 heterocycles. The Hall–Kier alpha value is -2.87. The van der Waals surface area contributed by atoms with Crippen molar-refractivity contribution in [1.82, 2.24) is 4.98 Å². The van der Waals surface area contributed by atoms with Gasteiger partial charge in [-0.1, -0.05) is 24.3 Å². The molecule has 1 amide bonds. The summed E-state index contributed by atoms with van der Waals surface area (Å²) in [6, 6.07) is 5.44. The lowest BCUT2D eigenvalue weighted by atomic mass is 10.2. The first-order valence-corrected chi connectivity index (χ1v) is 9.74. The molecule has 1 aromatic carbocycles. The number of methoxy groups -OCH3 is 1. The zero-order valence-corrected chi connectivity index (χ0v) is 17.2. The largest absolute Gasteiger partial charge is 0.493 e. The van der Waals surface area contributed by atoms with E-state index in [0.29, 0.717) is 33.8 Å². The number of thiazole rings is 1. The van der Waals surface area contributed by atoms with Crippen LogP contribution >= 0.6 is 11.3 Å². The van der Waals surface area contributed by atoms with E-state index in [-0.39, 0.29) is 12.5 Å². The second-order valence-electron chi connectivity index (χ2n) is 5.74. The summed E-state index contributed by atoms with van der Waals surface area (Å²) in [6.45, 7) is 6.35. The zero-order valence-electron chi connectivity index (χ0n) is 16.4. The van der Waals surface area contributed by atoms with E-state index < -0.39 is 5.97 Å². The number of esters is 1. The van der Waals surface area contributed by atoms with Gasteiger partial charge in [0.1, 0.15) is 4.88 Å². The van der Waals surface area contributed by atoms with Crippen molar-refractivity contribution in [3.05, 3.63) is 40.4 Å². The number of carbonyl (C=O) groups is 2. The third-order valence-corrected chi connectivity index (χ3v) is 4.62. The van der Waals surface area contributed by atoms with Crippen molar-refractivity contribution >= 4 is 34.4 Å². The summed E-state index contributed by atoms with van der Waals surface area (Å²) >= 11 is 1.09. The van der Waals surface area contributed by atoms with Crippen molar-refractivity contribution in [2.45, 2.75) is 27.2 Å². The Morgan fingerprint density at radius 3 is 2.71 bits per heavy atom. The molecule has 8 heteroatoms. The van der Waals surface area contributed by atoms with Gasteiger partial charge in [-0.15, -0.1) is 0 Å². The number of carbonyl (C=O) groups excluding carboxylic acids is 2. The lowest BCUT2D eigenvalue weighted by Crippen LogP contribution is -2.07. The monoisotopic (exact) mass is 404 g/mol. The van der Waals surface area contributed by atoms with Crippen LogP contribution in [0.3, 0.4) is 0 Å². The smallest absolute Gasteiger partial charge is 0.350 e. The van der Waals surface area contributed by atoms with Gasteiger partial charge in [-0.3, -0.25) is 10.1 Å². The number of anilines is 1. The predicted octanol–water partition coefficient (Wildman–Crippen LogP) is 4.08. The molecule has 0 fully saturated rings. The van der Waals surface area contributed by atoms with Gasteiger partial charge >= 0.3 is 5.97 Å². The van der Waals surface area contributed by atoms with Gasteiger partial charge in [-0.25, -0.2) is 9.78 Å². The average molecular weight is 404 g/mol. The second kappa shape index (κ2) is 10.5. The Kier molecular flexibility index (Phi) is 8.01. The summed E-state index contributed by atoms with van der Waals surface area (Å²) in [5.41, 5.74) is 1.31. The van der Waals surface area contributed by atoms with Crippen LogP contribution in [0.4, 0.5) is 5.13 Å².